The van der Waals surface area contributed by atoms with Gasteiger partial charge in [-0.25, -0.2) is 4.98 Å². The highest BCUT2D eigenvalue weighted by atomic mass is 15.2. The second kappa shape index (κ2) is 4.19. The third-order valence-electron chi connectivity index (χ3n) is 4.14. The molecule has 2 heterocycles. The Balaban J connectivity index is 1.81. The van der Waals surface area contributed by atoms with E-state index in [0.29, 0.717) is 23.9 Å². The standard InChI is InChI=1S/C14H18N6/c1-8-3-2-4-10(8)20-7-16-11-12(17-9-5-6-9)18-14(15)19-13(11)20/h2-3,7-10H,4-6H2,1H3,(H3,15,17,18,19). The maximum Gasteiger partial charge on any atom is 0.224 e. The van der Waals surface area contributed by atoms with Gasteiger partial charge in [0.05, 0.1) is 6.33 Å². The van der Waals surface area contributed by atoms with Crippen molar-refractivity contribution in [2.45, 2.75) is 38.3 Å². The highest BCUT2D eigenvalue weighted by Gasteiger charge is 2.26. The van der Waals surface area contributed by atoms with Crippen molar-refractivity contribution < 1.29 is 0 Å². The lowest BCUT2D eigenvalue weighted by molar-refractivity contribution is 0.445. The molecule has 0 spiro atoms. The molecule has 6 heteroatoms. The minimum atomic E-state index is 0.306. The lowest BCUT2D eigenvalue weighted by Gasteiger charge is -2.17. The lowest BCUT2D eigenvalue weighted by atomic mass is 10.1. The molecule has 2 atom stereocenters. The van der Waals surface area contributed by atoms with Crippen molar-refractivity contribution in [2.75, 3.05) is 11.1 Å². The van der Waals surface area contributed by atoms with Gasteiger partial charge in [0.15, 0.2) is 17.0 Å². The van der Waals surface area contributed by atoms with Crippen molar-refractivity contribution in [3.63, 3.8) is 0 Å². The van der Waals surface area contributed by atoms with Gasteiger partial charge < -0.3 is 15.6 Å². The van der Waals surface area contributed by atoms with Crippen LogP contribution in [0.2, 0.25) is 0 Å². The Bertz CT molecular complexity index is 684. The predicted octanol–water partition coefficient (Wildman–Crippen LogP) is 2.12. The van der Waals surface area contributed by atoms with Crippen LogP contribution in [0.5, 0.6) is 0 Å². The van der Waals surface area contributed by atoms with E-state index in [1.807, 2.05) is 6.33 Å². The van der Waals surface area contributed by atoms with E-state index in [4.69, 9.17) is 5.73 Å². The van der Waals surface area contributed by atoms with E-state index < -0.39 is 0 Å². The van der Waals surface area contributed by atoms with Crippen LogP contribution in [-0.4, -0.2) is 25.6 Å². The van der Waals surface area contributed by atoms with Crippen molar-refractivity contribution in [1.82, 2.24) is 19.5 Å². The molecule has 0 aliphatic heterocycles. The quantitative estimate of drug-likeness (QED) is 0.835. The average Bonchev–Trinajstić information content (AvgIpc) is 2.97. The second-order valence-electron chi connectivity index (χ2n) is 5.76. The van der Waals surface area contributed by atoms with Gasteiger partial charge in [-0.1, -0.05) is 19.1 Å². The summed E-state index contributed by atoms with van der Waals surface area (Å²) in [5.41, 5.74) is 7.52. The molecule has 2 aliphatic rings. The molecule has 104 valence electrons. The predicted molar refractivity (Wildman–Crippen MR) is 78.3 cm³/mol. The number of anilines is 2. The van der Waals surface area contributed by atoms with Crippen LogP contribution in [0.15, 0.2) is 18.5 Å². The number of aromatic nitrogens is 4. The Labute approximate surface area is 117 Å². The van der Waals surface area contributed by atoms with Crippen molar-refractivity contribution in [1.29, 1.82) is 0 Å². The summed E-state index contributed by atoms with van der Waals surface area (Å²) < 4.78 is 2.14. The minimum absolute atomic E-state index is 0.306. The average molecular weight is 270 g/mol. The molecule has 20 heavy (non-hydrogen) atoms. The van der Waals surface area contributed by atoms with Gasteiger partial charge in [0.2, 0.25) is 5.95 Å². The van der Waals surface area contributed by atoms with Gasteiger partial charge in [-0.15, -0.1) is 0 Å². The van der Waals surface area contributed by atoms with Crippen LogP contribution in [0, 0.1) is 5.92 Å². The molecule has 6 nitrogen and oxygen atoms in total. The molecule has 0 amide bonds. The molecule has 4 rings (SSSR count). The Morgan fingerprint density at radius 1 is 1.35 bits per heavy atom. The fourth-order valence-electron chi connectivity index (χ4n) is 2.84. The number of hydrogen-bond acceptors (Lipinski definition) is 5. The van der Waals surface area contributed by atoms with Crippen LogP contribution < -0.4 is 11.1 Å². The Kier molecular flexibility index (Phi) is 2.45. The molecule has 2 aromatic heterocycles. The summed E-state index contributed by atoms with van der Waals surface area (Å²) in [5, 5.41) is 3.39. The van der Waals surface area contributed by atoms with Gasteiger partial charge in [0, 0.05) is 12.1 Å². The molecule has 2 aliphatic carbocycles. The van der Waals surface area contributed by atoms with Crippen molar-refractivity contribution in [3.8, 4) is 0 Å². The van der Waals surface area contributed by atoms with Crippen LogP contribution >= 0.6 is 0 Å². The Morgan fingerprint density at radius 3 is 2.90 bits per heavy atom. The monoisotopic (exact) mass is 270 g/mol. The van der Waals surface area contributed by atoms with Gasteiger partial charge >= 0.3 is 0 Å². The number of hydrogen-bond donors (Lipinski definition) is 2. The SMILES string of the molecule is CC1C=CCC1n1cnc2c(NC3CC3)nc(N)nc21. The molecular weight excluding hydrogens is 252 g/mol. The summed E-state index contributed by atoms with van der Waals surface area (Å²) in [5.74, 6) is 1.57. The van der Waals surface area contributed by atoms with Crippen LogP contribution in [0.1, 0.15) is 32.2 Å². The Morgan fingerprint density at radius 2 is 2.20 bits per heavy atom. The third-order valence-corrected chi connectivity index (χ3v) is 4.14. The van der Waals surface area contributed by atoms with Crippen LogP contribution in [0.25, 0.3) is 11.2 Å². The van der Waals surface area contributed by atoms with Crippen LogP contribution in [-0.2, 0) is 0 Å². The number of nitrogens with zero attached hydrogens (tertiary/aromatic N) is 4. The summed E-state index contributed by atoms with van der Waals surface area (Å²) in [6.45, 7) is 2.22. The normalized spacial score (nSPS) is 25.4. The van der Waals surface area contributed by atoms with Crippen LogP contribution in [0.4, 0.5) is 11.8 Å². The maximum absolute atomic E-state index is 5.86. The highest BCUT2D eigenvalue weighted by Crippen LogP contribution is 2.34. The molecule has 2 unspecified atom stereocenters. The number of rotatable bonds is 3. The number of nitrogens with one attached hydrogen (secondary N) is 1. The Hall–Kier alpha value is -2.11. The van der Waals surface area contributed by atoms with E-state index in [9.17, 15) is 0 Å². The van der Waals surface area contributed by atoms with E-state index in [1.54, 1.807) is 0 Å². The van der Waals surface area contributed by atoms with Crippen molar-refractivity contribution in [3.05, 3.63) is 18.5 Å². The van der Waals surface area contributed by atoms with E-state index in [2.05, 4.69) is 43.9 Å². The molecule has 3 N–H and O–H groups in total. The second-order valence-corrected chi connectivity index (χ2v) is 5.76. The fourth-order valence-corrected chi connectivity index (χ4v) is 2.84. The summed E-state index contributed by atoms with van der Waals surface area (Å²) >= 11 is 0. The molecule has 0 radical (unpaired) electrons. The van der Waals surface area contributed by atoms with E-state index in [-0.39, 0.29) is 0 Å². The summed E-state index contributed by atoms with van der Waals surface area (Å²) in [6.07, 6.45) is 9.72. The van der Waals surface area contributed by atoms with Gasteiger partial charge in [0.1, 0.15) is 0 Å². The zero-order valence-corrected chi connectivity index (χ0v) is 11.5. The smallest absolute Gasteiger partial charge is 0.224 e. The lowest BCUT2D eigenvalue weighted by Crippen LogP contribution is -2.13. The first-order valence-electron chi connectivity index (χ1n) is 7.15. The van der Waals surface area contributed by atoms with Gasteiger partial charge in [-0.2, -0.15) is 9.97 Å². The maximum atomic E-state index is 5.86. The number of fused-ring (bicyclic) bond motifs is 1. The van der Waals surface area contributed by atoms with Crippen LogP contribution in [0.3, 0.4) is 0 Å². The first-order chi connectivity index (χ1) is 9.72. The van der Waals surface area contributed by atoms with Crippen molar-refractivity contribution >= 4 is 22.9 Å². The van der Waals surface area contributed by atoms with E-state index in [0.717, 1.165) is 23.4 Å². The van der Waals surface area contributed by atoms with Crippen molar-refractivity contribution in [2.24, 2.45) is 5.92 Å². The van der Waals surface area contributed by atoms with E-state index in [1.165, 1.54) is 12.8 Å². The number of nitrogen functional groups attached to an aromatic ring is 1. The van der Waals surface area contributed by atoms with E-state index >= 15 is 0 Å². The third kappa shape index (κ3) is 1.83. The van der Waals surface area contributed by atoms with Gasteiger partial charge in [-0.3, -0.25) is 0 Å². The summed E-state index contributed by atoms with van der Waals surface area (Å²) in [7, 11) is 0. The van der Waals surface area contributed by atoms with Gasteiger partial charge in [0.25, 0.3) is 0 Å². The molecule has 2 aromatic rings. The van der Waals surface area contributed by atoms with Gasteiger partial charge in [-0.05, 0) is 25.2 Å². The molecule has 0 aromatic carbocycles. The molecular formula is C14H18N6. The highest BCUT2D eigenvalue weighted by molar-refractivity contribution is 5.84. The number of allylic oxidation sites excluding steroid dienone is 2. The minimum Gasteiger partial charge on any atom is -0.368 e. The molecule has 0 saturated heterocycles. The largest absolute Gasteiger partial charge is 0.368 e. The number of imidazole rings is 1. The molecule has 0 bridgehead atoms. The molecule has 1 saturated carbocycles. The number of nitrogens with two attached hydrogens (primary N) is 1. The molecule has 1 fully saturated rings. The summed E-state index contributed by atoms with van der Waals surface area (Å²) in [6, 6.07) is 0.896. The first kappa shape index (κ1) is 11.7. The summed E-state index contributed by atoms with van der Waals surface area (Å²) in [4.78, 5) is 13.2. The fraction of sp³-hybridized carbons (Fsp3) is 0.500. The zero-order valence-electron chi connectivity index (χ0n) is 11.5. The zero-order chi connectivity index (χ0) is 13.7. The topological polar surface area (TPSA) is 81.7 Å². The first-order valence-corrected chi connectivity index (χ1v) is 7.15.